The summed E-state index contributed by atoms with van der Waals surface area (Å²) in [7, 11) is 1.87. The Labute approximate surface area is 155 Å². The van der Waals surface area contributed by atoms with Crippen molar-refractivity contribution < 1.29 is 13.2 Å². The minimum absolute atomic E-state index is 0.473. The van der Waals surface area contributed by atoms with E-state index in [1.165, 1.54) is 17.0 Å². The maximum absolute atomic E-state index is 12.6. The van der Waals surface area contributed by atoms with Gasteiger partial charge < -0.3 is 10.2 Å². The van der Waals surface area contributed by atoms with Crippen LogP contribution in [0.15, 0.2) is 35.5 Å². The molecule has 1 N–H and O–H groups in total. The number of halogens is 3. The minimum atomic E-state index is -4.31. The summed E-state index contributed by atoms with van der Waals surface area (Å²) in [4.78, 5) is 12.0. The zero-order valence-corrected chi connectivity index (χ0v) is 15.9. The first-order valence-corrected chi connectivity index (χ1v) is 9.18. The lowest BCUT2D eigenvalue weighted by molar-refractivity contribution is -0.137. The van der Waals surface area contributed by atoms with Crippen LogP contribution < -0.4 is 5.32 Å². The maximum atomic E-state index is 12.6. The number of aryl methyl sites for hydroxylation is 1. The standard InChI is InChI=1S/C18H23F3N4S/c1-4-22-17(23-10-9-16-24-11-13(2)26-16)25(3)12-14-5-7-15(8-6-14)18(19,20)21/h5-8,11H,4,9-10,12H2,1-3H3,(H,22,23). The number of nitrogens with zero attached hydrogens (tertiary/aromatic N) is 3. The SMILES string of the molecule is CCNC(=NCCc1ncc(C)s1)N(C)Cc1ccc(C(F)(F)F)cc1. The van der Waals surface area contributed by atoms with Gasteiger partial charge in [0.1, 0.15) is 0 Å². The Morgan fingerprint density at radius 3 is 2.50 bits per heavy atom. The van der Waals surface area contributed by atoms with Crippen LogP contribution in [0.25, 0.3) is 0 Å². The fourth-order valence-electron chi connectivity index (χ4n) is 2.39. The molecular weight excluding hydrogens is 361 g/mol. The molecular formula is C18H23F3N4S. The molecule has 0 amide bonds. The summed E-state index contributed by atoms with van der Waals surface area (Å²) in [6.45, 7) is 5.79. The van der Waals surface area contributed by atoms with Gasteiger partial charge in [-0.05, 0) is 31.5 Å². The first-order valence-electron chi connectivity index (χ1n) is 8.36. The fourth-order valence-corrected chi connectivity index (χ4v) is 3.17. The summed E-state index contributed by atoms with van der Waals surface area (Å²) >= 11 is 1.66. The molecule has 8 heteroatoms. The fraction of sp³-hybridized carbons (Fsp3) is 0.444. The first-order chi connectivity index (χ1) is 12.3. The molecule has 4 nitrogen and oxygen atoms in total. The zero-order valence-electron chi connectivity index (χ0n) is 15.1. The van der Waals surface area contributed by atoms with Crippen molar-refractivity contribution in [3.63, 3.8) is 0 Å². The Morgan fingerprint density at radius 1 is 1.27 bits per heavy atom. The molecule has 2 rings (SSSR count). The molecule has 0 aliphatic rings. The summed E-state index contributed by atoms with van der Waals surface area (Å²) < 4.78 is 37.9. The molecule has 0 spiro atoms. The lowest BCUT2D eigenvalue weighted by Gasteiger charge is -2.22. The van der Waals surface area contributed by atoms with E-state index in [-0.39, 0.29) is 0 Å². The van der Waals surface area contributed by atoms with Crippen molar-refractivity contribution in [2.24, 2.45) is 4.99 Å². The van der Waals surface area contributed by atoms with Crippen LogP contribution in [-0.4, -0.2) is 36.0 Å². The summed E-state index contributed by atoms with van der Waals surface area (Å²) in [6, 6.07) is 5.22. The van der Waals surface area contributed by atoms with Crippen molar-refractivity contribution in [1.29, 1.82) is 0 Å². The molecule has 2 aromatic rings. The van der Waals surface area contributed by atoms with Gasteiger partial charge in [-0.3, -0.25) is 4.99 Å². The van der Waals surface area contributed by atoms with Gasteiger partial charge in [0.15, 0.2) is 5.96 Å². The van der Waals surface area contributed by atoms with Crippen molar-refractivity contribution in [2.45, 2.75) is 33.0 Å². The van der Waals surface area contributed by atoms with Crippen molar-refractivity contribution in [2.75, 3.05) is 20.1 Å². The number of aliphatic imine (C=N–C) groups is 1. The van der Waals surface area contributed by atoms with Gasteiger partial charge in [-0.1, -0.05) is 12.1 Å². The number of hydrogen-bond donors (Lipinski definition) is 1. The van der Waals surface area contributed by atoms with Crippen LogP contribution in [-0.2, 0) is 19.1 Å². The average Bonchev–Trinajstić information content (AvgIpc) is 2.99. The monoisotopic (exact) mass is 384 g/mol. The van der Waals surface area contributed by atoms with E-state index >= 15 is 0 Å². The Kier molecular flexibility index (Phi) is 7.02. The quantitative estimate of drug-likeness (QED) is 0.602. The third kappa shape index (κ3) is 6.01. The number of benzene rings is 1. The largest absolute Gasteiger partial charge is 0.416 e. The number of alkyl halides is 3. The number of thiazole rings is 1. The van der Waals surface area contributed by atoms with Crippen molar-refractivity contribution in [3.05, 3.63) is 51.5 Å². The Balaban J connectivity index is 1.98. The second-order valence-corrected chi connectivity index (χ2v) is 7.22. The lowest BCUT2D eigenvalue weighted by atomic mass is 10.1. The third-order valence-corrected chi connectivity index (χ3v) is 4.63. The highest BCUT2D eigenvalue weighted by Crippen LogP contribution is 2.29. The molecule has 142 valence electrons. The van der Waals surface area contributed by atoms with Gasteiger partial charge in [-0.25, -0.2) is 4.98 Å². The summed E-state index contributed by atoms with van der Waals surface area (Å²) in [6.07, 6.45) is -1.69. The van der Waals surface area contributed by atoms with E-state index < -0.39 is 11.7 Å². The van der Waals surface area contributed by atoms with Crippen LogP contribution in [0.3, 0.4) is 0 Å². The second kappa shape index (κ2) is 9.02. The van der Waals surface area contributed by atoms with Gasteiger partial charge in [0, 0.05) is 44.2 Å². The number of guanidine groups is 1. The van der Waals surface area contributed by atoms with E-state index in [0.717, 1.165) is 35.1 Å². The number of rotatable bonds is 6. The molecule has 0 fully saturated rings. The highest BCUT2D eigenvalue weighted by Gasteiger charge is 2.29. The summed E-state index contributed by atoms with van der Waals surface area (Å²) in [5.41, 5.74) is 0.157. The van der Waals surface area contributed by atoms with E-state index in [9.17, 15) is 13.2 Å². The molecule has 1 aromatic heterocycles. The number of hydrogen-bond acceptors (Lipinski definition) is 3. The molecule has 1 heterocycles. The predicted molar refractivity (Wildman–Crippen MR) is 99.4 cm³/mol. The van der Waals surface area contributed by atoms with E-state index in [1.807, 2.05) is 32.0 Å². The highest BCUT2D eigenvalue weighted by molar-refractivity contribution is 7.11. The minimum Gasteiger partial charge on any atom is -0.357 e. The van der Waals surface area contributed by atoms with Gasteiger partial charge in [0.05, 0.1) is 10.6 Å². The molecule has 26 heavy (non-hydrogen) atoms. The first kappa shape index (κ1) is 20.2. The number of aromatic nitrogens is 1. The van der Waals surface area contributed by atoms with Crippen molar-refractivity contribution in [1.82, 2.24) is 15.2 Å². The zero-order chi connectivity index (χ0) is 19.2. The third-order valence-electron chi connectivity index (χ3n) is 3.65. The Hall–Kier alpha value is -2.09. The van der Waals surface area contributed by atoms with Gasteiger partial charge in [-0.2, -0.15) is 13.2 Å². The lowest BCUT2D eigenvalue weighted by Crippen LogP contribution is -2.38. The van der Waals surface area contributed by atoms with E-state index in [2.05, 4.69) is 15.3 Å². The molecule has 0 unspecified atom stereocenters. The van der Waals surface area contributed by atoms with E-state index in [4.69, 9.17) is 0 Å². The maximum Gasteiger partial charge on any atom is 0.416 e. The van der Waals surface area contributed by atoms with E-state index in [0.29, 0.717) is 19.6 Å². The summed E-state index contributed by atoms with van der Waals surface area (Å²) in [5, 5.41) is 4.26. The average molecular weight is 384 g/mol. The molecule has 1 aromatic carbocycles. The van der Waals surface area contributed by atoms with Crippen LogP contribution in [0, 0.1) is 6.92 Å². The topological polar surface area (TPSA) is 40.5 Å². The van der Waals surface area contributed by atoms with Gasteiger partial charge in [0.2, 0.25) is 0 Å². The van der Waals surface area contributed by atoms with Crippen LogP contribution in [0.5, 0.6) is 0 Å². The van der Waals surface area contributed by atoms with E-state index in [1.54, 1.807) is 11.3 Å². The molecule has 0 aliphatic carbocycles. The van der Waals surface area contributed by atoms with Crippen molar-refractivity contribution in [3.8, 4) is 0 Å². The predicted octanol–water partition coefficient (Wildman–Crippen LogP) is 4.11. The Morgan fingerprint density at radius 2 is 1.96 bits per heavy atom. The molecule has 0 aliphatic heterocycles. The normalized spacial score (nSPS) is 12.3. The second-order valence-electron chi connectivity index (χ2n) is 5.90. The van der Waals surface area contributed by atoms with Gasteiger partial charge in [0.25, 0.3) is 0 Å². The molecule has 0 saturated heterocycles. The molecule has 0 radical (unpaired) electrons. The van der Waals surface area contributed by atoms with Crippen LogP contribution in [0.4, 0.5) is 13.2 Å². The van der Waals surface area contributed by atoms with Crippen LogP contribution in [0.1, 0.15) is 27.9 Å². The highest BCUT2D eigenvalue weighted by atomic mass is 32.1. The van der Waals surface area contributed by atoms with Gasteiger partial charge in [-0.15, -0.1) is 11.3 Å². The molecule has 0 atom stereocenters. The van der Waals surface area contributed by atoms with Crippen molar-refractivity contribution >= 4 is 17.3 Å². The smallest absolute Gasteiger partial charge is 0.357 e. The van der Waals surface area contributed by atoms with Crippen LogP contribution >= 0.6 is 11.3 Å². The number of nitrogens with one attached hydrogen (secondary N) is 1. The van der Waals surface area contributed by atoms with Crippen LogP contribution in [0.2, 0.25) is 0 Å². The van der Waals surface area contributed by atoms with Gasteiger partial charge >= 0.3 is 6.18 Å². The Bertz CT molecular complexity index is 723. The molecule has 0 saturated carbocycles. The molecule has 0 bridgehead atoms. The summed E-state index contributed by atoms with van der Waals surface area (Å²) in [5.74, 6) is 0.723.